The molecule has 4 rings (SSSR count). The number of nitrogens with zero attached hydrogens (tertiary/aromatic N) is 3. The predicted octanol–water partition coefficient (Wildman–Crippen LogP) is 5.02. The highest BCUT2D eigenvalue weighted by Gasteiger charge is 2.35. The molecule has 8 heteroatoms. The van der Waals surface area contributed by atoms with Gasteiger partial charge in [-0.25, -0.2) is 0 Å². The molecule has 0 atom stereocenters. The molecule has 0 bridgehead atoms. The van der Waals surface area contributed by atoms with Gasteiger partial charge in [0, 0.05) is 0 Å². The molecule has 1 N–H and O–H groups in total. The Balaban J connectivity index is 1.47. The van der Waals surface area contributed by atoms with E-state index in [9.17, 15) is 4.79 Å². The lowest BCUT2D eigenvalue weighted by molar-refractivity contribution is -0.114. The Bertz CT molecular complexity index is 836. The number of hydrogen-bond acceptors (Lipinski definition) is 5. The second kappa shape index (κ2) is 7.52. The molecule has 2 aliphatic heterocycles. The number of amides is 1. The standard InChI is InChI=1S/C18H19BrN4O2S/c19-14-8-7-12(25-14)10-13-16(20)23-18(21-17(13)24)26-15(22-23)9-6-11-4-2-1-3-5-11/h7-8,10-11,20H,1-6,9H2/b13-10-,20-16?. The van der Waals surface area contributed by atoms with Crippen LogP contribution in [0.3, 0.4) is 0 Å². The summed E-state index contributed by atoms with van der Waals surface area (Å²) in [4.78, 5) is 16.4. The molecule has 0 aromatic carbocycles. The van der Waals surface area contributed by atoms with Crippen molar-refractivity contribution in [3.8, 4) is 0 Å². The van der Waals surface area contributed by atoms with Gasteiger partial charge in [0.15, 0.2) is 10.5 Å². The van der Waals surface area contributed by atoms with Crippen LogP contribution in [0.2, 0.25) is 0 Å². The van der Waals surface area contributed by atoms with E-state index >= 15 is 0 Å². The average Bonchev–Trinajstić information content (AvgIpc) is 3.23. The van der Waals surface area contributed by atoms with E-state index < -0.39 is 5.91 Å². The van der Waals surface area contributed by atoms with Crippen molar-refractivity contribution in [3.63, 3.8) is 0 Å². The lowest BCUT2D eigenvalue weighted by atomic mass is 9.86. The highest BCUT2D eigenvalue weighted by atomic mass is 79.9. The van der Waals surface area contributed by atoms with Crippen molar-refractivity contribution in [2.45, 2.75) is 44.9 Å². The molecule has 1 aromatic rings. The fourth-order valence-electron chi connectivity index (χ4n) is 3.48. The lowest BCUT2D eigenvalue weighted by Crippen LogP contribution is -2.35. The second-order valence-corrected chi connectivity index (χ2v) is 8.52. The Kier molecular flexibility index (Phi) is 5.13. The summed E-state index contributed by atoms with van der Waals surface area (Å²) >= 11 is 4.64. The van der Waals surface area contributed by atoms with Crippen molar-refractivity contribution >= 4 is 55.7 Å². The third-order valence-electron chi connectivity index (χ3n) is 4.87. The molecular weight excluding hydrogens is 416 g/mol. The number of carbonyl (C=O) groups is 1. The van der Waals surface area contributed by atoms with E-state index in [1.165, 1.54) is 55.0 Å². The van der Waals surface area contributed by atoms with Crippen LogP contribution < -0.4 is 0 Å². The zero-order chi connectivity index (χ0) is 18.1. The molecule has 6 nitrogen and oxygen atoms in total. The van der Waals surface area contributed by atoms with Gasteiger partial charge in [-0.3, -0.25) is 10.2 Å². The summed E-state index contributed by atoms with van der Waals surface area (Å²) in [5, 5.41) is 15.8. The molecule has 3 aliphatic rings. The third-order valence-corrected chi connectivity index (χ3v) is 6.26. The summed E-state index contributed by atoms with van der Waals surface area (Å²) in [6.07, 6.45) is 10.2. The number of aliphatic imine (C=N–C) groups is 1. The molecular formula is C18H19BrN4O2S. The number of carbonyl (C=O) groups excluding carboxylic acids is 1. The Hall–Kier alpha value is -1.67. The van der Waals surface area contributed by atoms with E-state index in [-0.39, 0.29) is 11.4 Å². The first kappa shape index (κ1) is 17.7. The van der Waals surface area contributed by atoms with Crippen molar-refractivity contribution < 1.29 is 9.21 Å². The van der Waals surface area contributed by atoms with Crippen LogP contribution in [0.1, 0.15) is 50.7 Å². The lowest BCUT2D eigenvalue weighted by Gasteiger charge is -2.20. The monoisotopic (exact) mass is 434 g/mol. The van der Waals surface area contributed by atoms with E-state index in [0.29, 0.717) is 15.6 Å². The normalized spacial score (nSPS) is 22.7. The highest BCUT2D eigenvalue weighted by Crippen LogP contribution is 2.33. The van der Waals surface area contributed by atoms with Gasteiger partial charge in [-0.2, -0.15) is 15.1 Å². The quantitative estimate of drug-likeness (QED) is 0.674. The van der Waals surface area contributed by atoms with Gasteiger partial charge in [-0.15, -0.1) is 0 Å². The first-order valence-corrected chi connectivity index (χ1v) is 10.5. The fourth-order valence-corrected chi connectivity index (χ4v) is 4.70. The van der Waals surface area contributed by atoms with Crippen molar-refractivity contribution in [1.82, 2.24) is 5.01 Å². The minimum atomic E-state index is -0.426. The number of hydrazone groups is 1. The number of furan rings is 1. The zero-order valence-electron chi connectivity index (χ0n) is 14.2. The van der Waals surface area contributed by atoms with E-state index in [1.807, 2.05) is 0 Å². The molecule has 0 radical (unpaired) electrons. The number of amidine groups is 2. The van der Waals surface area contributed by atoms with Gasteiger partial charge in [-0.1, -0.05) is 32.1 Å². The summed E-state index contributed by atoms with van der Waals surface area (Å²) < 4.78 is 5.98. The van der Waals surface area contributed by atoms with Crippen LogP contribution >= 0.6 is 27.7 Å². The molecule has 0 saturated heterocycles. The van der Waals surface area contributed by atoms with Crippen LogP contribution in [-0.2, 0) is 4.79 Å². The van der Waals surface area contributed by atoms with Gasteiger partial charge >= 0.3 is 0 Å². The van der Waals surface area contributed by atoms with Crippen LogP contribution in [-0.4, -0.2) is 27.0 Å². The number of nitrogens with one attached hydrogen (secondary N) is 1. The van der Waals surface area contributed by atoms with E-state index in [4.69, 9.17) is 9.83 Å². The third kappa shape index (κ3) is 3.71. The van der Waals surface area contributed by atoms with Gasteiger partial charge in [0.1, 0.15) is 10.8 Å². The van der Waals surface area contributed by atoms with Crippen LogP contribution in [0.15, 0.2) is 36.9 Å². The largest absolute Gasteiger partial charge is 0.450 e. The van der Waals surface area contributed by atoms with Crippen molar-refractivity contribution in [3.05, 3.63) is 28.1 Å². The zero-order valence-corrected chi connectivity index (χ0v) is 16.6. The summed E-state index contributed by atoms with van der Waals surface area (Å²) in [7, 11) is 0. The molecule has 0 spiro atoms. The number of fused-ring (bicyclic) bond motifs is 1. The SMILES string of the molecule is N=C1/C(=C/c2ccc(Br)o2)C(=O)N=C2SC(CCC3CCCCC3)=NN12. The Morgan fingerprint density at radius 3 is 2.88 bits per heavy atom. The minimum Gasteiger partial charge on any atom is -0.450 e. The van der Waals surface area contributed by atoms with Gasteiger partial charge in [0.2, 0.25) is 5.17 Å². The van der Waals surface area contributed by atoms with Gasteiger partial charge in [-0.05, 0) is 64.7 Å². The molecule has 1 amide bonds. The fraction of sp³-hybridized carbons (Fsp3) is 0.444. The summed E-state index contributed by atoms with van der Waals surface area (Å²) in [6.45, 7) is 0. The Morgan fingerprint density at radius 2 is 2.15 bits per heavy atom. The predicted molar refractivity (Wildman–Crippen MR) is 107 cm³/mol. The second-order valence-electron chi connectivity index (χ2n) is 6.70. The average molecular weight is 435 g/mol. The molecule has 1 saturated carbocycles. The molecule has 1 aromatic heterocycles. The number of halogens is 1. The molecule has 26 heavy (non-hydrogen) atoms. The molecule has 1 fully saturated rings. The maximum Gasteiger partial charge on any atom is 0.283 e. The number of hydrogen-bond donors (Lipinski definition) is 1. The molecule has 1 aliphatic carbocycles. The topological polar surface area (TPSA) is 82.0 Å². The van der Waals surface area contributed by atoms with E-state index in [2.05, 4.69) is 26.0 Å². The summed E-state index contributed by atoms with van der Waals surface area (Å²) in [5.41, 5.74) is 0.188. The van der Waals surface area contributed by atoms with Gasteiger partial charge < -0.3 is 4.42 Å². The first-order chi connectivity index (χ1) is 12.6. The maximum atomic E-state index is 12.3. The maximum absolute atomic E-state index is 12.3. The van der Waals surface area contributed by atoms with Crippen LogP contribution in [0.4, 0.5) is 0 Å². The van der Waals surface area contributed by atoms with Crippen molar-refractivity contribution in [2.24, 2.45) is 16.0 Å². The van der Waals surface area contributed by atoms with Gasteiger partial charge in [0.25, 0.3) is 5.91 Å². The van der Waals surface area contributed by atoms with Crippen molar-refractivity contribution in [1.29, 1.82) is 5.41 Å². The number of thioether (sulfide) groups is 1. The smallest absolute Gasteiger partial charge is 0.283 e. The Labute approximate surface area is 164 Å². The summed E-state index contributed by atoms with van der Waals surface area (Å²) in [6, 6.07) is 3.47. The van der Waals surface area contributed by atoms with Crippen molar-refractivity contribution in [2.75, 3.05) is 0 Å². The highest BCUT2D eigenvalue weighted by molar-refractivity contribution is 9.10. The van der Waals surface area contributed by atoms with E-state index in [0.717, 1.165) is 23.8 Å². The van der Waals surface area contributed by atoms with E-state index in [1.54, 1.807) is 12.1 Å². The summed E-state index contributed by atoms with van der Waals surface area (Å²) in [5.74, 6) is 0.898. The molecule has 3 heterocycles. The Morgan fingerprint density at radius 1 is 1.35 bits per heavy atom. The first-order valence-electron chi connectivity index (χ1n) is 8.84. The number of rotatable bonds is 4. The molecule has 136 valence electrons. The van der Waals surface area contributed by atoms with Crippen LogP contribution in [0.25, 0.3) is 6.08 Å². The van der Waals surface area contributed by atoms with Crippen LogP contribution in [0, 0.1) is 11.3 Å². The van der Waals surface area contributed by atoms with Crippen LogP contribution in [0.5, 0.6) is 0 Å². The van der Waals surface area contributed by atoms with Gasteiger partial charge in [0.05, 0.1) is 5.57 Å². The minimum absolute atomic E-state index is 0.0488. The molecule has 0 unspecified atom stereocenters.